The smallest absolute Gasteiger partial charge is 0.337 e. The standard InChI is InChI=1S/C22H27ClFN3O3S.C22H26ClFN2O4S/c23-20-14-19(8-9-21(20)24)27(16-17-4-6-18(7-5-17)22(28)15-25)31(29,30)13-3-12-26-10-1-2-11-26;1-30-22(27)18-7-5-17(6-8-18)16-26(19-9-10-21(24)20(23)15-19)31(28,29)14-4-13-25-11-2-3-12-25/h4-9,14H,1-3,10-13,15-16,25H2;5-10,15H,2-4,11-14,16H2,1H3. The van der Waals surface area contributed by atoms with E-state index in [-0.39, 0.29) is 47.0 Å². The molecule has 12 nitrogen and oxygen atoms in total. The van der Waals surface area contributed by atoms with Crippen LogP contribution in [0.5, 0.6) is 0 Å². The molecule has 4 aromatic carbocycles. The van der Waals surface area contributed by atoms with Crippen LogP contribution in [0.15, 0.2) is 84.9 Å². The van der Waals surface area contributed by atoms with Crippen molar-refractivity contribution in [1.82, 2.24) is 9.80 Å². The van der Waals surface area contributed by atoms with E-state index in [9.17, 15) is 35.2 Å². The van der Waals surface area contributed by atoms with E-state index in [1.807, 2.05) is 0 Å². The molecule has 0 radical (unpaired) electrons. The monoisotopic (exact) mass is 935 g/mol. The van der Waals surface area contributed by atoms with Gasteiger partial charge in [-0.15, -0.1) is 0 Å². The van der Waals surface area contributed by atoms with Gasteiger partial charge in [-0.3, -0.25) is 13.4 Å². The second kappa shape index (κ2) is 23.0. The summed E-state index contributed by atoms with van der Waals surface area (Å²) < 4.78 is 87.4. The molecule has 6 rings (SSSR count). The summed E-state index contributed by atoms with van der Waals surface area (Å²) in [4.78, 5) is 27.9. The predicted octanol–water partition coefficient (Wildman–Crippen LogP) is 7.53. The number of nitrogens with two attached hydrogens (primary N) is 1. The number of carbonyl (C=O) groups excluding carboxylic acids is 2. The lowest BCUT2D eigenvalue weighted by atomic mass is 10.1. The molecular formula is C44H53Cl2F2N5O7S2. The van der Waals surface area contributed by atoms with Gasteiger partial charge < -0.3 is 20.3 Å². The van der Waals surface area contributed by atoms with Gasteiger partial charge in [0.1, 0.15) is 11.6 Å². The molecule has 2 N–H and O–H groups in total. The lowest BCUT2D eigenvalue weighted by Crippen LogP contribution is -2.34. The van der Waals surface area contributed by atoms with E-state index < -0.39 is 37.7 Å². The van der Waals surface area contributed by atoms with E-state index in [0.29, 0.717) is 46.5 Å². The van der Waals surface area contributed by atoms with Crippen molar-refractivity contribution >= 4 is 66.4 Å². The maximum Gasteiger partial charge on any atom is 0.337 e. The highest BCUT2D eigenvalue weighted by Crippen LogP contribution is 2.29. The van der Waals surface area contributed by atoms with Gasteiger partial charge in [-0.2, -0.15) is 0 Å². The molecule has 2 saturated heterocycles. The summed E-state index contributed by atoms with van der Waals surface area (Å²) in [6.07, 6.45) is 5.61. The van der Waals surface area contributed by atoms with Crippen molar-refractivity contribution in [2.45, 2.75) is 51.6 Å². The Morgan fingerprint density at radius 2 is 1.03 bits per heavy atom. The van der Waals surface area contributed by atoms with E-state index in [4.69, 9.17) is 33.7 Å². The van der Waals surface area contributed by atoms with Crippen LogP contribution >= 0.6 is 23.2 Å². The second-order valence-corrected chi connectivity index (χ2v) is 20.0. The van der Waals surface area contributed by atoms with Gasteiger partial charge in [-0.05, 0) is 137 Å². The van der Waals surface area contributed by atoms with Gasteiger partial charge in [0.2, 0.25) is 20.0 Å². The third-order valence-corrected chi connectivity index (χ3v) is 14.9. The van der Waals surface area contributed by atoms with Gasteiger partial charge in [-0.1, -0.05) is 59.6 Å². The van der Waals surface area contributed by atoms with Crippen LogP contribution in [-0.4, -0.2) is 103 Å². The summed E-state index contributed by atoms with van der Waals surface area (Å²) in [6, 6.07) is 20.9. The molecule has 2 aliphatic rings. The molecule has 2 aliphatic heterocycles. The number of esters is 1. The Hall–Kier alpha value is -4.16. The van der Waals surface area contributed by atoms with Crippen LogP contribution in [0.25, 0.3) is 0 Å². The molecule has 0 saturated carbocycles. The van der Waals surface area contributed by atoms with E-state index in [1.54, 1.807) is 48.5 Å². The van der Waals surface area contributed by atoms with Gasteiger partial charge in [0.15, 0.2) is 5.78 Å². The van der Waals surface area contributed by atoms with Crippen molar-refractivity contribution < 1.29 is 39.9 Å². The summed E-state index contributed by atoms with van der Waals surface area (Å²) in [5, 5.41) is -0.283. The Kier molecular flexibility index (Phi) is 18.1. The Labute approximate surface area is 373 Å². The number of anilines is 2. The average Bonchev–Trinajstić information content (AvgIpc) is 3.99. The topological polar surface area (TPSA) is 151 Å². The third kappa shape index (κ3) is 13.9. The Bertz CT molecular complexity index is 2180. The summed E-state index contributed by atoms with van der Waals surface area (Å²) in [5.74, 6) is -1.94. The maximum absolute atomic E-state index is 13.7. The fourth-order valence-corrected chi connectivity index (χ4v) is 10.6. The number of hydrogen-bond donors (Lipinski definition) is 1. The third-order valence-electron chi connectivity index (χ3n) is 10.7. The molecule has 0 atom stereocenters. The molecule has 0 bridgehead atoms. The maximum atomic E-state index is 13.7. The number of rotatable bonds is 19. The number of ketones is 1. The first-order chi connectivity index (χ1) is 29.6. The molecule has 2 heterocycles. The van der Waals surface area contributed by atoms with Gasteiger partial charge in [0.25, 0.3) is 0 Å². The number of likely N-dealkylation sites (tertiary alicyclic amines) is 2. The largest absolute Gasteiger partial charge is 0.465 e. The fourth-order valence-electron chi connectivity index (χ4n) is 7.26. The van der Waals surface area contributed by atoms with Crippen molar-refractivity contribution in [1.29, 1.82) is 0 Å². The van der Waals surface area contributed by atoms with Gasteiger partial charge >= 0.3 is 5.97 Å². The van der Waals surface area contributed by atoms with E-state index in [2.05, 4.69) is 9.80 Å². The molecule has 0 aromatic heterocycles. The highest BCUT2D eigenvalue weighted by atomic mass is 35.5. The number of methoxy groups -OCH3 is 1. The molecule has 18 heteroatoms. The van der Waals surface area contributed by atoms with Crippen LogP contribution in [0.3, 0.4) is 0 Å². The number of ether oxygens (including phenoxy) is 1. The molecule has 0 aliphatic carbocycles. The molecule has 0 unspecified atom stereocenters. The van der Waals surface area contributed by atoms with Crippen molar-refractivity contribution in [2.75, 3.05) is 73.0 Å². The number of hydrogen-bond acceptors (Lipinski definition) is 10. The summed E-state index contributed by atoms with van der Waals surface area (Å²) in [5.41, 5.74) is 8.20. The zero-order valence-corrected chi connectivity index (χ0v) is 37.8. The molecule has 0 amide bonds. The molecule has 62 heavy (non-hydrogen) atoms. The molecule has 336 valence electrons. The highest BCUT2D eigenvalue weighted by molar-refractivity contribution is 7.93. The second-order valence-electron chi connectivity index (χ2n) is 15.2. The zero-order chi connectivity index (χ0) is 44.9. The summed E-state index contributed by atoms with van der Waals surface area (Å²) in [7, 11) is -6.08. The van der Waals surface area contributed by atoms with Crippen molar-refractivity contribution in [2.24, 2.45) is 5.73 Å². The van der Waals surface area contributed by atoms with Gasteiger partial charge in [0, 0.05) is 5.56 Å². The number of benzene rings is 4. The number of halogens is 4. The number of carbonyl (C=O) groups is 2. The van der Waals surface area contributed by atoms with E-state index >= 15 is 0 Å². The van der Waals surface area contributed by atoms with Crippen LogP contribution in [-0.2, 0) is 37.9 Å². The number of Topliss-reactive ketones (excluding diaryl/α,β-unsaturated/α-hetero) is 1. The predicted molar refractivity (Wildman–Crippen MR) is 241 cm³/mol. The zero-order valence-electron chi connectivity index (χ0n) is 34.7. The van der Waals surface area contributed by atoms with Crippen molar-refractivity contribution in [3.8, 4) is 0 Å². The lowest BCUT2D eigenvalue weighted by molar-refractivity contribution is 0.0600. The Morgan fingerprint density at radius 1 is 0.645 bits per heavy atom. The first-order valence-corrected chi connectivity index (χ1v) is 24.4. The minimum absolute atomic E-state index is 0.0256. The number of nitrogens with zero attached hydrogens (tertiary/aromatic N) is 4. The average molecular weight is 937 g/mol. The molecule has 2 fully saturated rings. The van der Waals surface area contributed by atoms with Gasteiger partial charge in [-0.25, -0.2) is 30.4 Å². The Balaban J connectivity index is 0.000000234. The lowest BCUT2D eigenvalue weighted by Gasteiger charge is -2.25. The minimum atomic E-state index is -3.69. The first-order valence-electron chi connectivity index (χ1n) is 20.5. The minimum Gasteiger partial charge on any atom is -0.465 e. The SMILES string of the molecule is COC(=O)c1ccc(CN(c2ccc(F)c(Cl)c2)S(=O)(=O)CCCN2CCCC2)cc1.NCC(=O)c1ccc(CN(c2ccc(F)c(Cl)c2)S(=O)(=O)CCCN2CCCC2)cc1. The normalized spacial score (nSPS) is 14.6. The first kappa shape index (κ1) is 48.9. The van der Waals surface area contributed by atoms with Crippen LogP contribution < -0.4 is 14.3 Å². The van der Waals surface area contributed by atoms with Crippen LogP contribution in [0, 0.1) is 11.6 Å². The van der Waals surface area contributed by atoms with Crippen LogP contribution in [0.4, 0.5) is 20.2 Å². The van der Waals surface area contributed by atoms with Crippen LogP contribution in [0.1, 0.15) is 70.4 Å². The molecule has 4 aromatic rings. The molecule has 0 spiro atoms. The van der Waals surface area contributed by atoms with E-state index in [0.717, 1.165) is 77.1 Å². The van der Waals surface area contributed by atoms with E-state index in [1.165, 1.54) is 40.0 Å². The molecular weight excluding hydrogens is 884 g/mol. The van der Waals surface area contributed by atoms with Gasteiger partial charge in [0.05, 0.1) is 65.2 Å². The Morgan fingerprint density at radius 3 is 1.39 bits per heavy atom. The van der Waals surface area contributed by atoms with Crippen molar-refractivity contribution in [3.05, 3.63) is 129 Å². The highest BCUT2D eigenvalue weighted by Gasteiger charge is 2.26. The summed E-state index contributed by atoms with van der Waals surface area (Å²) >= 11 is 11.8. The van der Waals surface area contributed by atoms with Crippen LogP contribution in [0.2, 0.25) is 10.0 Å². The quantitative estimate of drug-likeness (QED) is 0.0739. The van der Waals surface area contributed by atoms with Crippen molar-refractivity contribution in [3.63, 3.8) is 0 Å². The summed E-state index contributed by atoms with van der Waals surface area (Å²) in [6.45, 7) is 5.47. The fraction of sp³-hybridized carbons (Fsp3) is 0.409. The number of sulfonamides is 2.